The second kappa shape index (κ2) is 2.16. The highest BCUT2D eigenvalue weighted by molar-refractivity contribution is 5.71. The SMILES string of the molecule is O=Cc1cn2ccnc2cn1. The van der Waals surface area contributed by atoms with Crippen molar-refractivity contribution in [2.45, 2.75) is 0 Å². The highest BCUT2D eigenvalue weighted by Gasteiger charge is 1.94. The highest BCUT2D eigenvalue weighted by atomic mass is 16.1. The van der Waals surface area contributed by atoms with E-state index in [1.165, 1.54) is 0 Å². The van der Waals surface area contributed by atoms with Crippen molar-refractivity contribution < 1.29 is 4.79 Å². The summed E-state index contributed by atoms with van der Waals surface area (Å²) >= 11 is 0. The lowest BCUT2D eigenvalue weighted by molar-refractivity contribution is 0.111. The quantitative estimate of drug-likeness (QED) is 0.553. The van der Waals surface area contributed by atoms with Crippen LogP contribution in [0.15, 0.2) is 24.8 Å². The number of imidazole rings is 1. The zero-order valence-electron chi connectivity index (χ0n) is 5.64. The van der Waals surface area contributed by atoms with Crippen molar-refractivity contribution in [3.63, 3.8) is 0 Å². The topological polar surface area (TPSA) is 47.3 Å². The van der Waals surface area contributed by atoms with Crippen molar-refractivity contribution in [3.8, 4) is 0 Å². The van der Waals surface area contributed by atoms with Crippen LogP contribution in [0.5, 0.6) is 0 Å². The summed E-state index contributed by atoms with van der Waals surface area (Å²) in [5, 5.41) is 0. The van der Waals surface area contributed by atoms with E-state index in [9.17, 15) is 4.79 Å². The zero-order chi connectivity index (χ0) is 7.68. The van der Waals surface area contributed by atoms with Crippen LogP contribution in [0, 0.1) is 0 Å². The Hall–Kier alpha value is -1.71. The summed E-state index contributed by atoms with van der Waals surface area (Å²) in [5.74, 6) is 0. The molecule has 0 unspecified atom stereocenters. The molecule has 0 amide bonds. The van der Waals surface area contributed by atoms with E-state index >= 15 is 0 Å². The number of carbonyl (C=O) groups excluding carboxylic acids is 1. The smallest absolute Gasteiger partial charge is 0.169 e. The van der Waals surface area contributed by atoms with E-state index in [-0.39, 0.29) is 0 Å². The fraction of sp³-hybridized carbons (Fsp3) is 0. The minimum absolute atomic E-state index is 0.413. The molecule has 0 aromatic carbocycles. The Balaban J connectivity index is 2.76. The Morgan fingerprint density at radius 2 is 2.36 bits per heavy atom. The monoisotopic (exact) mass is 147 g/mol. The highest BCUT2D eigenvalue weighted by Crippen LogP contribution is 1.97. The van der Waals surface area contributed by atoms with Gasteiger partial charge in [0.15, 0.2) is 11.9 Å². The van der Waals surface area contributed by atoms with Gasteiger partial charge in [-0.2, -0.15) is 0 Å². The predicted molar refractivity (Wildman–Crippen MR) is 38.4 cm³/mol. The maximum atomic E-state index is 10.3. The van der Waals surface area contributed by atoms with Crippen molar-refractivity contribution >= 4 is 11.9 Å². The molecule has 2 rings (SSSR count). The van der Waals surface area contributed by atoms with E-state index in [0.717, 1.165) is 5.65 Å². The Labute approximate surface area is 62.5 Å². The van der Waals surface area contributed by atoms with Crippen LogP contribution in [0.2, 0.25) is 0 Å². The molecular weight excluding hydrogens is 142 g/mol. The van der Waals surface area contributed by atoms with Crippen LogP contribution < -0.4 is 0 Å². The second-order valence-corrected chi connectivity index (χ2v) is 2.12. The van der Waals surface area contributed by atoms with Gasteiger partial charge in [0, 0.05) is 18.6 Å². The van der Waals surface area contributed by atoms with Gasteiger partial charge in [-0.15, -0.1) is 0 Å². The third-order valence-electron chi connectivity index (χ3n) is 1.42. The lowest BCUT2D eigenvalue weighted by Gasteiger charge is -1.91. The van der Waals surface area contributed by atoms with Crippen LogP contribution in [0.1, 0.15) is 10.5 Å². The number of rotatable bonds is 1. The Morgan fingerprint density at radius 1 is 1.45 bits per heavy atom. The molecule has 11 heavy (non-hydrogen) atoms. The summed E-state index contributed by atoms with van der Waals surface area (Å²) in [5.41, 5.74) is 1.16. The molecule has 0 spiro atoms. The molecule has 0 bridgehead atoms. The number of hydrogen-bond acceptors (Lipinski definition) is 3. The van der Waals surface area contributed by atoms with Gasteiger partial charge in [0.25, 0.3) is 0 Å². The van der Waals surface area contributed by atoms with Gasteiger partial charge in [-0.05, 0) is 0 Å². The summed E-state index contributed by atoms with van der Waals surface area (Å²) in [6.07, 6.45) is 7.33. The van der Waals surface area contributed by atoms with E-state index in [1.54, 1.807) is 29.2 Å². The van der Waals surface area contributed by atoms with E-state index in [1.807, 2.05) is 0 Å². The van der Waals surface area contributed by atoms with E-state index < -0.39 is 0 Å². The van der Waals surface area contributed by atoms with Gasteiger partial charge >= 0.3 is 0 Å². The van der Waals surface area contributed by atoms with Crippen molar-refractivity contribution in [2.75, 3.05) is 0 Å². The first-order valence-corrected chi connectivity index (χ1v) is 3.14. The first-order valence-electron chi connectivity index (χ1n) is 3.14. The van der Waals surface area contributed by atoms with Gasteiger partial charge in [0.05, 0.1) is 6.20 Å². The summed E-state index contributed by atoms with van der Waals surface area (Å²) in [7, 11) is 0. The summed E-state index contributed by atoms with van der Waals surface area (Å²) in [6, 6.07) is 0. The molecule has 0 saturated carbocycles. The summed E-state index contributed by atoms with van der Waals surface area (Å²) in [6.45, 7) is 0. The minimum atomic E-state index is 0.413. The van der Waals surface area contributed by atoms with Gasteiger partial charge in [-0.25, -0.2) is 9.97 Å². The lowest BCUT2D eigenvalue weighted by atomic mass is 10.5. The number of aromatic nitrogens is 3. The van der Waals surface area contributed by atoms with Crippen LogP contribution in [-0.2, 0) is 0 Å². The van der Waals surface area contributed by atoms with Crippen molar-refractivity contribution in [1.29, 1.82) is 0 Å². The van der Waals surface area contributed by atoms with E-state index in [0.29, 0.717) is 12.0 Å². The summed E-state index contributed by atoms with van der Waals surface area (Å²) in [4.78, 5) is 18.1. The molecule has 0 aliphatic carbocycles. The van der Waals surface area contributed by atoms with Gasteiger partial charge < -0.3 is 4.40 Å². The standard InChI is InChI=1S/C7H5N3O/c11-5-6-4-10-2-1-8-7(10)3-9-6/h1-5H. The average molecular weight is 147 g/mol. The van der Waals surface area contributed by atoms with Gasteiger partial charge in [-0.1, -0.05) is 0 Å². The van der Waals surface area contributed by atoms with Crippen LogP contribution in [-0.4, -0.2) is 20.7 Å². The second-order valence-electron chi connectivity index (χ2n) is 2.12. The van der Waals surface area contributed by atoms with Crippen molar-refractivity contribution in [2.24, 2.45) is 0 Å². The molecule has 54 valence electrons. The number of aldehydes is 1. The van der Waals surface area contributed by atoms with Crippen LogP contribution in [0.3, 0.4) is 0 Å². The Morgan fingerprint density at radius 3 is 3.18 bits per heavy atom. The number of hydrogen-bond donors (Lipinski definition) is 0. The fourth-order valence-corrected chi connectivity index (χ4v) is 0.903. The fourth-order valence-electron chi connectivity index (χ4n) is 0.903. The van der Waals surface area contributed by atoms with Gasteiger partial charge in [-0.3, -0.25) is 4.79 Å². The molecule has 0 fully saturated rings. The summed E-state index contributed by atoms with van der Waals surface area (Å²) < 4.78 is 1.75. The number of nitrogens with zero attached hydrogens (tertiary/aromatic N) is 3. The molecule has 4 heteroatoms. The first-order chi connectivity index (χ1) is 5.40. The average Bonchev–Trinajstić information content (AvgIpc) is 2.50. The largest absolute Gasteiger partial charge is 0.304 e. The van der Waals surface area contributed by atoms with Crippen LogP contribution in [0.25, 0.3) is 5.65 Å². The molecule has 0 aliphatic heterocycles. The third kappa shape index (κ3) is 0.881. The van der Waals surface area contributed by atoms with Gasteiger partial charge in [0.1, 0.15) is 5.69 Å². The third-order valence-corrected chi connectivity index (χ3v) is 1.42. The molecule has 0 aliphatic rings. The minimum Gasteiger partial charge on any atom is -0.304 e. The van der Waals surface area contributed by atoms with Crippen molar-refractivity contribution in [3.05, 3.63) is 30.5 Å². The molecule has 0 saturated heterocycles. The maximum Gasteiger partial charge on any atom is 0.169 e. The number of carbonyl (C=O) groups is 1. The first kappa shape index (κ1) is 6.03. The molecule has 2 aromatic rings. The van der Waals surface area contributed by atoms with E-state index in [4.69, 9.17) is 0 Å². The van der Waals surface area contributed by atoms with Crippen LogP contribution in [0.4, 0.5) is 0 Å². The normalized spacial score (nSPS) is 10.2. The Kier molecular flexibility index (Phi) is 1.18. The molecule has 0 atom stereocenters. The van der Waals surface area contributed by atoms with Crippen LogP contribution >= 0.6 is 0 Å². The lowest BCUT2D eigenvalue weighted by Crippen LogP contribution is -1.91. The predicted octanol–water partition coefficient (Wildman–Crippen LogP) is 0.542. The number of fused-ring (bicyclic) bond motifs is 1. The molecule has 0 N–H and O–H groups in total. The molecule has 4 nitrogen and oxygen atoms in total. The molecule has 0 radical (unpaired) electrons. The molecule has 2 heterocycles. The zero-order valence-corrected chi connectivity index (χ0v) is 5.64. The van der Waals surface area contributed by atoms with E-state index in [2.05, 4.69) is 9.97 Å². The van der Waals surface area contributed by atoms with Gasteiger partial charge in [0.2, 0.25) is 0 Å². The Bertz CT molecular complexity index is 393. The van der Waals surface area contributed by atoms with Crippen molar-refractivity contribution in [1.82, 2.24) is 14.4 Å². The molecule has 2 aromatic heterocycles. The maximum absolute atomic E-state index is 10.3. The molecular formula is C7H5N3O.